The molecule has 1 amide bonds. The van der Waals surface area contributed by atoms with Crippen LogP contribution in [-0.2, 0) is 11.3 Å². The molecule has 0 spiro atoms. The molecule has 0 aliphatic heterocycles. The van der Waals surface area contributed by atoms with Crippen molar-refractivity contribution < 1.29 is 13.9 Å². The molecule has 1 aromatic heterocycles. The normalized spacial score (nSPS) is 10.5. The number of nitrogens with one attached hydrogen (secondary N) is 1. The summed E-state index contributed by atoms with van der Waals surface area (Å²) in [6.45, 7) is 0.253. The van der Waals surface area contributed by atoms with Crippen LogP contribution in [0.1, 0.15) is 6.42 Å². The van der Waals surface area contributed by atoms with Gasteiger partial charge in [-0.05, 0) is 29.5 Å². The van der Waals surface area contributed by atoms with Crippen LogP contribution in [0.15, 0.2) is 48.5 Å². The molecule has 0 atom stereocenters. The van der Waals surface area contributed by atoms with Crippen LogP contribution in [0, 0.1) is 5.82 Å². The number of amides is 1. The number of aromatic nitrogens is 4. The molecule has 1 heterocycles. The zero-order valence-electron chi connectivity index (χ0n) is 13.5. The van der Waals surface area contributed by atoms with Gasteiger partial charge in [0.2, 0.25) is 11.7 Å². The number of anilines is 1. The number of rotatable bonds is 6. The SMILES string of the molecule is COc1ccccc1NC(=O)CCn1nnc(-c2cccc(F)c2)n1. The molecule has 25 heavy (non-hydrogen) atoms. The second kappa shape index (κ2) is 7.52. The standard InChI is InChI=1S/C17H16FN5O2/c1-25-15-8-3-2-7-14(15)19-16(24)9-10-23-21-17(20-22-23)12-5-4-6-13(18)11-12/h2-8,11H,9-10H2,1H3,(H,19,24). The van der Waals surface area contributed by atoms with E-state index >= 15 is 0 Å². The third-order valence-electron chi connectivity index (χ3n) is 3.46. The summed E-state index contributed by atoms with van der Waals surface area (Å²) < 4.78 is 18.4. The minimum Gasteiger partial charge on any atom is -0.495 e. The second-order valence-corrected chi connectivity index (χ2v) is 5.22. The van der Waals surface area contributed by atoms with Gasteiger partial charge in [0, 0.05) is 12.0 Å². The molecule has 0 aliphatic carbocycles. The maximum atomic E-state index is 13.2. The minimum absolute atomic E-state index is 0.164. The average molecular weight is 341 g/mol. The Kier molecular flexibility index (Phi) is 4.98. The molecular weight excluding hydrogens is 325 g/mol. The number of carbonyl (C=O) groups is 1. The van der Waals surface area contributed by atoms with Crippen LogP contribution in [0.25, 0.3) is 11.4 Å². The number of nitrogens with zero attached hydrogens (tertiary/aromatic N) is 4. The average Bonchev–Trinajstić information content (AvgIpc) is 3.09. The molecule has 0 saturated heterocycles. The van der Waals surface area contributed by atoms with Crippen molar-refractivity contribution in [1.82, 2.24) is 20.2 Å². The van der Waals surface area contributed by atoms with E-state index in [-0.39, 0.29) is 24.7 Å². The molecule has 8 heteroatoms. The van der Waals surface area contributed by atoms with Crippen molar-refractivity contribution in [3.05, 3.63) is 54.3 Å². The van der Waals surface area contributed by atoms with Crippen molar-refractivity contribution in [2.24, 2.45) is 0 Å². The summed E-state index contributed by atoms with van der Waals surface area (Å²) in [5.74, 6) is 0.326. The van der Waals surface area contributed by atoms with Crippen molar-refractivity contribution in [2.45, 2.75) is 13.0 Å². The molecule has 128 valence electrons. The maximum Gasteiger partial charge on any atom is 0.226 e. The summed E-state index contributed by atoms with van der Waals surface area (Å²) in [5, 5.41) is 14.7. The minimum atomic E-state index is -0.370. The van der Waals surface area contributed by atoms with Gasteiger partial charge in [0.05, 0.1) is 19.3 Å². The molecule has 7 nitrogen and oxygen atoms in total. The predicted octanol–water partition coefficient (Wildman–Crippen LogP) is 2.52. The predicted molar refractivity (Wildman–Crippen MR) is 89.5 cm³/mol. The smallest absolute Gasteiger partial charge is 0.226 e. The van der Waals surface area contributed by atoms with Gasteiger partial charge in [-0.15, -0.1) is 10.2 Å². The van der Waals surface area contributed by atoms with Crippen LogP contribution in [0.2, 0.25) is 0 Å². The van der Waals surface area contributed by atoms with E-state index < -0.39 is 0 Å². The van der Waals surface area contributed by atoms with E-state index in [0.717, 1.165) is 0 Å². The number of methoxy groups -OCH3 is 1. The molecule has 0 fully saturated rings. The molecule has 1 N–H and O–H groups in total. The van der Waals surface area contributed by atoms with Gasteiger partial charge >= 0.3 is 0 Å². The lowest BCUT2D eigenvalue weighted by atomic mass is 10.2. The summed E-state index contributed by atoms with van der Waals surface area (Å²) in [4.78, 5) is 13.4. The summed E-state index contributed by atoms with van der Waals surface area (Å²) >= 11 is 0. The highest BCUT2D eigenvalue weighted by atomic mass is 19.1. The van der Waals surface area contributed by atoms with Crippen LogP contribution in [-0.4, -0.2) is 33.2 Å². The monoisotopic (exact) mass is 341 g/mol. The third kappa shape index (κ3) is 4.17. The lowest BCUT2D eigenvalue weighted by Gasteiger charge is -2.09. The first-order valence-corrected chi connectivity index (χ1v) is 7.62. The van der Waals surface area contributed by atoms with Gasteiger partial charge < -0.3 is 10.1 Å². The molecule has 0 aliphatic rings. The topological polar surface area (TPSA) is 81.9 Å². The fourth-order valence-electron chi connectivity index (χ4n) is 2.24. The number of para-hydroxylation sites is 2. The van der Waals surface area contributed by atoms with Gasteiger partial charge in [-0.3, -0.25) is 4.79 Å². The van der Waals surface area contributed by atoms with E-state index in [1.54, 1.807) is 24.3 Å². The molecule has 3 aromatic rings. The fraction of sp³-hybridized carbons (Fsp3) is 0.176. The molecule has 0 unspecified atom stereocenters. The first-order chi connectivity index (χ1) is 12.2. The van der Waals surface area contributed by atoms with E-state index in [2.05, 4.69) is 20.7 Å². The van der Waals surface area contributed by atoms with Gasteiger partial charge in [-0.25, -0.2) is 4.39 Å². The van der Waals surface area contributed by atoms with Crippen LogP contribution in [0.4, 0.5) is 10.1 Å². The molecule has 0 bridgehead atoms. The summed E-state index contributed by atoms with van der Waals surface area (Å²) in [7, 11) is 1.54. The molecule has 0 saturated carbocycles. The van der Waals surface area contributed by atoms with Gasteiger partial charge in [-0.2, -0.15) is 4.80 Å². The van der Waals surface area contributed by atoms with E-state index in [0.29, 0.717) is 22.8 Å². The highest BCUT2D eigenvalue weighted by Gasteiger charge is 2.10. The number of hydrogen-bond acceptors (Lipinski definition) is 5. The van der Waals surface area contributed by atoms with Crippen molar-refractivity contribution in [3.8, 4) is 17.1 Å². The number of ether oxygens (including phenoxy) is 1. The van der Waals surface area contributed by atoms with E-state index in [9.17, 15) is 9.18 Å². The van der Waals surface area contributed by atoms with E-state index in [1.807, 2.05) is 12.1 Å². The van der Waals surface area contributed by atoms with Crippen molar-refractivity contribution in [1.29, 1.82) is 0 Å². The first-order valence-electron chi connectivity index (χ1n) is 7.62. The Bertz CT molecular complexity index is 881. The zero-order chi connectivity index (χ0) is 17.6. The zero-order valence-corrected chi connectivity index (χ0v) is 13.5. The van der Waals surface area contributed by atoms with E-state index in [4.69, 9.17) is 4.74 Å². The summed E-state index contributed by atoms with van der Waals surface area (Å²) in [6.07, 6.45) is 0.164. The van der Waals surface area contributed by atoms with Crippen LogP contribution in [0.3, 0.4) is 0 Å². The van der Waals surface area contributed by atoms with Gasteiger partial charge in [0.15, 0.2) is 0 Å². The maximum absolute atomic E-state index is 13.2. The van der Waals surface area contributed by atoms with Crippen molar-refractivity contribution in [3.63, 3.8) is 0 Å². The summed E-state index contributed by atoms with van der Waals surface area (Å²) in [6, 6.07) is 13.1. The number of halogens is 1. The second-order valence-electron chi connectivity index (χ2n) is 5.22. The molecule has 3 rings (SSSR count). The number of tetrazole rings is 1. The van der Waals surface area contributed by atoms with E-state index in [1.165, 1.54) is 24.0 Å². The van der Waals surface area contributed by atoms with Crippen LogP contribution >= 0.6 is 0 Å². The number of hydrogen-bond donors (Lipinski definition) is 1. The Morgan fingerprint density at radius 2 is 2.08 bits per heavy atom. The first kappa shape index (κ1) is 16.6. The number of aryl methyl sites for hydroxylation is 1. The Hall–Kier alpha value is -3.29. The highest BCUT2D eigenvalue weighted by Crippen LogP contribution is 2.23. The Morgan fingerprint density at radius 3 is 2.88 bits per heavy atom. The lowest BCUT2D eigenvalue weighted by molar-refractivity contribution is -0.116. The van der Waals surface area contributed by atoms with Crippen LogP contribution in [0.5, 0.6) is 5.75 Å². The Morgan fingerprint density at radius 1 is 1.24 bits per heavy atom. The van der Waals surface area contributed by atoms with Gasteiger partial charge in [-0.1, -0.05) is 24.3 Å². The van der Waals surface area contributed by atoms with Crippen molar-refractivity contribution >= 4 is 11.6 Å². The molecule has 0 radical (unpaired) electrons. The lowest BCUT2D eigenvalue weighted by Crippen LogP contribution is -2.16. The number of carbonyl (C=O) groups excluding carboxylic acids is 1. The van der Waals surface area contributed by atoms with Crippen LogP contribution < -0.4 is 10.1 Å². The molecule has 2 aromatic carbocycles. The summed E-state index contributed by atoms with van der Waals surface area (Å²) in [5.41, 5.74) is 1.13. The van der Waals surface area contributed by atoms with Gasteiger partial charge in [0.1, 0.15) is 11.6 Å². The largest absolute Gasteiger partial charge is 0.495 e. The third-order valence-corrected chi connectivity index (χ3v) is 3.46. The fourth-order valence-corrected chi connectivity index (χ4v) is 2.24. The highest BCUT2D eigenvalue weighted by molar-refractivity contribution is 5.92. The Balaban J connectivity index is 1.59. The Labute approximate surface area is 143 Å². The number of benzene rings is 2. The molecular formula is C17H16FN5O2. The van der Waals surface area contributed by atoms with Crippen molar-refractivity contribution in [2.75, 3.05) is 12.4 Å². The van der Waals surface area contributed by atoms with Gasteiger partial charge in [0.25, 0.3) is 0 Å². The quantitative estimate of drug-likeness (QED) is 0.745.